The van der Waals surface area contributed by atoms with Crippen LogP contribution in [0.25, 0.3) is 0 Å². The lowest BCUT2D eigenvalue weighted by molar-refractivity contribution is -0.153. The van der Waals surface area contributed by atoms with E-state index in [-0.39, 0.29) is 61.8 Å². The van der Waals surface area contributed by atoms with E-state index in [0.717, 1.165) is 12.8 Å². The average Bonchev–Trinajstić information content (AvgIpc) is 2.49. The predicted molar refractivity (Wildman–Crippen MR) is 110 cm³/mol. The summed E-state index contributed by atoms with van der Waals surface area (Å²) in [6.45, 7) is 9.50. The maximum absolute atomic E-state index is 11.7. The molecule has 0 spiro atoms. The maximum atomic E-state index is 11.7. The Hall–Kier alpha value is -0.560. The van der Waals surface area contributed by atoms with Crippen molar-refractivity contribution >= 4 is 36.8 Å². The molecule has 0 rings (SSSR count). The minimum absolute atomic E-state index is 0. The molecule has 158 valence electrons. The standard InChI is InChI=1S/C18H36N2O4.2ClH/c1-13(2)7-15(11-19)9-17(21)23-5-6-24-18(22)10-16(12-20)8-14(3)4;;/h13-16H,5-12,19-20H2,1-4H3;2*1H/t15-,16-;;/m0../s1. The number of nitrogens with two attached hydrogens (primary N) is 2. The molecule has 0 radical (unpaired) electrons. The number of esters is 2. The van der Waals surface area contributed by atoms with Crippen molar-refractivity contribution in [3.63, 3.8) is 0 Å². The lowest BCUT2D eigenvalue weighted by Gasteiger charge is -2.17. The molecule has 0 saturated carbocycles. The fraction of sp³-hybridized carbons (Fsp3) is 0.889. The molecule has 0 amide bonds. The topological polar surface area (TPSA) is 105 Å². The van der Waals surface area contributed by atoms with E-state index in [0.29, 0.717) is 37.8 Å². The van der Waals surface area contributed by atoms with Gasteiger partial charge in [0, 0.05) is 12.8 Å². The van der Waals surface area contributed by atoms with Crippen LogP contribution in [-0.4, -0.2) is 38.2 Å². The van der Waals surface area contributed by atoms with Crippen LogP contribution in [0.1, 0.15) is 53.4 Å². The Labute approximate surface area is 170 Å². The van der Waals surface area contributed by atoms with Gasteiger partial charge >= 0.3 is 11.9 Å². The molecule has 0 aromatic carbocycles. The Morgan fingerprint density at radius 2 is 1.04 bits per heavy atom. The van der Waals surface area contributed by atoms with E-state index in [1.165, 1.54) is 0 Å². The van der Waals surface area contributed by atoms with Crippen molar-refractivity contribution < 1.29 is 19.1 Å². The highest BCUT2D eigenvalue weighted by atomic mass is 35.5. The van der Waals surface area contributed by atoms with Gasteiger partial charge in [-0.05, 0) is 49.6 Å². The summed E-state index contributed by atoms with van der Waals surface area (Å²) in [4.78, 5) is 23.5. The highest BCUT2D eigenvalue weighted by Gasteiger charge is 2.17. The van der Waals surface area contributed by atoms with Gasteiger partial charge in [0.2, 0.25) is 0 Å². The summed E-state index contributed by atoms with van der Waals surface area (Å²) in [7, 11) is 0. The van der Waals surface area contributed by atoms with Gasteiger partial charge in [0.05, 0.1) is 0 Å². The molecule has 8 heteroatoms. The van der Waals surface area contributed by atoms with Crippen molar-refractivity contribution in [2.75, 3.05) is 26.3 Å². The van der Waals surface area contributed by atoms with E-state index in [9.17, 15) is 9.59 Å². The quantitative estimate of drug-likeness (QED) is 0.353. The second kappa shape index (κ2) is 17.8. The number of hydrogen-bond donors (Lipinski definition) is 2. The normalized spacial score (nSPS) is 12.8. The van der Waals surface area contributed by atoms with E-state index in [1.54, 1.807) is 0 Å². The fourth-order valence-corrected chi connectivity index (χ4v) is 2.76. The number of carbonyl (C=O) groups is 2. The largest absolute Gasteiger partial charge is 0.462 e. The average molecular weight is 417 g/mol. The van der Waals surface area contributed by atoms with Gasteiger partial charge in [-0.2, -0.15) is 0 Å². The summed E-state index contributed by atoms with van der Waals surface area (Å²) < 4.78 is 10.2. The summed E-state index contributed by atoms with van der Waals surface area (Å²) in [5.74, 6) is 0.689. The van der Waals surface area contributed by atoms with Crippen LogP contribution < -0.4 is 11.5 Å². The summed E-state index contributed by atoms with van der Waals surface area (Å²) in [5, 5.41) is 0. The first-order chi connectivity index (χ1) is 11.3. The lowest BCUT2D eigenvalue weighted by Crippen LogP contribution is -2.23. The fourth-order valence-electron chi connectivity index (χ4n) is 2.76. The van der Waals surface area contributed by atoms with E-state index in [1.807, 2.05) is 0 Å². The second-order valence-electron chi connectivity index (χ2n) is 7.31. The van der Waals surface area contributed by atoms with Gasteiger partial charge in [0.15, 0.2) is 0 Å². The highest BCUT2D eigenvalue weighted by molar-refractivity contribution is 5.85. The van der Waals surface area contributed by atoms with Crippen molar-refractivity contribution in [1.29, 1.82) is 0 Å². The van der Waals surface area contributed by atoms with Crippen molar-refractivity contribution in [1.82, 2.24) is 0 Å². The molecule has 0 aliphatic heterocycles. The molecule has 0 fully saturated rings. The minimum atomic E-state index is -0.290. The Morgan fingerprint density at radius 1 is 0.731 bits per heavy atom. The smallest absolute Gasteiger partial charge is 0.306 e. The molecule has 0 unspecified atom stereocenters. The Bertz CT molecular complexity index is 335. The third-order valence-corrected chi connectivity index (χ3v) is 3.80. The molecule has 0 heterocycles. The van der Waals surface area contributed by atoms with Gasteiger partial charge in [-0.15, -0.1) is 24.8 Å². The Morgan fingerprint density at radius 3 is 1.27 bits per heavy atom. The second-order valence-corrected chi connectivity index (χ2v) is 7.31. The van der Waals surface area contributed by atoms with Crippen molar-refractivity contribution in [3.8, 4) is 0 Å². The summed E-state index contributed by atoms with van der Waals surface area (Å²) in [6.07, 6.45) is 2.42. The first kappa shape index (κ1) is 30.2. The SMILES string of the molecule is CC(C)C[C@H](CN)CC(=O)OCCOC(=O)C[C@@H](CN)CC(C)C.Cl.Cl. The van der Waals surface area contributed by atoms with Crippen LogP contribution in [0.5, 0.6) is 0 Å². The number of ether oxygens (including phenoxy) is 2. The van der Waals surface area contributed by atoms with Gasteiger partial charge in [0.1, 0.15) is 13.2 Å². The molecule has 0 bridgehead atoms. The molecule has 0 aliphatic rings. The summed E-state index contributed by atoms with van der Waals surface area (Å²) >= 11 is 0. The van der Waals surface area contributed by atoms with Crippen molar-refractivity contribution in [3.05, 3.63) is 0 Å². The van der Waals surface area contributed by atoms with Crippen LogP contribution in [0.15, 0.2) is 0 Å². The van der Waals surface area contributed by atoms with Gasteiger partial charge in [-0.3, -0.25) is 9.59 Å². The zero-order valence-electron chi connectivity index (χ0n) is 16.6. The zero-order valence-corrected chi connectivity index (χ0v) is 18.2. The van der Waals surface area contributed by atoms with Crippen molar-refractivity contribution in [2.24, 2.45) is 35.1 Å². The van der Waals surface area contributed by atoms with Crippen LogP contribution in [0.4, 0.5) is 0 Å². The zero-order chi connectivity index (χ0) is 18.5. The molecule has 0 aliphatic carbocycles. The third kappa shape index (κ3) is 16.9. The third-order valence-electron chi connectivity index (χ3n) is 3.80. The minimum Gasteiger partial charge on any atom is -0.462 e. The highest BCUT2D eigenvalue weighted by Crippen LogP contribution is 2.15. The van der Waals surface area contributed by atoms with Gasteiger partial charge < -0.3 is 20.9 Å². The molecule has 0 aromatic heterocycles. The molecule has 2 atom stereocenters. The summed E-state index contributed by atoms with van der Waals surface area (Å²) in [6, 6.07) is 0. The molecule has 26 heavy (non-hydrogen) atoms. The van der Waals surface area contributed by atoms with E-state index in [2.05, 4.69) is 27.7 Å². The van der Waals surface area contributed by atoms with E-state index in [4.69, 9.17) is 20.9 Å². The maximum Gasteiger partial charge on any atom is 0.306 e. The van der Waals surface area contributed by atoms with Gasteiger partial charge in [-0.25, -0.2) is 0 Å². The Kier molecular flexibility index (Phi) is 20.7. The molecule has 0 aromatic rings. The van der Waals surface area contributed by atoms with Crippen LogP contribution in [0.3, 0.4) is 0 Å². The van der Waals surface area contributed by atoms with Crippen LogP contribution in [-0.2, 0) is 19.1 Å². The lowest BCUT2D eigenvalue weighted by atomic mass is 9.94. The van der Waals surface area contributed by atoms with Crippen LogP contribution >= 0.6 is 24.8 Å². The van der Waals surface area contributed by atoms with Crippen molar-refractivity contribution in [2.45, 2.75) is 53.4 Å². The monoisotopic (exact) mass is 416 g/mol. The molecule has 0 saturated heterocycles. The van der Waals surface area contributed by atoms with Crippen LogP contribution in [0.2, 0.25) is 0 Å². The van der Waals surface area contributed by atoms with Gasteiger partial charge in [0.25, 0.3) is 0 Å². The molecule has 4 N–H and O–H groups in total. The van der Waals surface area contributed by atoms with Gasteiger partial charge in [-0.1, -0.05) is 27.7 Å². The first-order valence-corrected chi connectivity index (χ1v) is 8.99. The predicted octanol–water partition coefficient (Wildman–Crippen LogP) is 2.94. The molecular weight excluding hydrogens is 379 g/mol. The summed E-state index contributed by atoms with van der Waals surface area (Å²) in [5.41, 5.74) is 11.3. The number of carbonyl (C=O) groups excluding carboxylic acids is 2. The number of halogens is 2. The molecular formula is C18H38Cl2N2O4. The van der Waals surface area contributed by atoms with E-state index < -0.39 is 0 Å². The first-order valence-electron chi connectivity index (χ1n) is 8.99. The van der Waals surface area contributed by atoms with E-state index >= 15 is 0 Å². The molecule has 6 nitrogen and oxygen atoms in total. The number of rotatable bonds is 13. The van der Waals surface area contributed by atoms with Crippen LogP contribution in [0, 0.1) is 23.7 Å². The Balaban J connectivity index is -0.00000264. The number of hydrogen-bond acceptors (Lipinski definition) is 6.